The Morgan fingerprint density at radius 1 is 1.06 bits per heavy atom. The van der Waals surface area contributed by atoms with Crippen molar-refractivity contribution in [1.82, 2.24) is 29.8 Å². The highest BCUT2D eigenvalue weighted by atomic mass is 16.2. The largest absolute Gasteiger partial charge is 0.353 e. The minimum Gasteiger partial charge on any atom is -0.353 e. The van der Waals surface area contributed by atoms with Gasteiger partial charge in [-0.25, -0.2) is 9.36 Å². The second-order valence-corrected chi connectivity index (χ2v) is 8.61. The molecule has 3 heterocycles. The molecule has 0 unspecified atom stereocenters. The predicted octanol–water partition coefficient (Wildman–Crippen LogP) is 2.75. The summed E-state index contributed by atoms with van der Waals surface area (Å²) in [4.78, 5) is 28.4. The summed E-state index contributed by atoms with van der Waals surface area (Å²) in [5.41, 5.74) is 2.41. The van der Waals surface area contributed by atoms with Gasteiger partial charge in [-0.2, -0.15) is 10.2 Å². The van der Waals surface area contributed by atoms with Gasteiger partial charge in [0.1, 0.15) is 6.04 Å². The van der Waals surface area contributed by atoms with E-state index in [1.54, 1.807) is 11.6 Å². The molecule has 0 saturated carbocycles. The Morgan fingerprint density at radius 3 is 2.44 bits per heavy atom. The molecule has 1 saturated heterocycles. The fourth-order valence-corrected chi connectivity index (χ4v) is 4.49. The number of benzene rings is 1. The molecule has 1 N–H and O–H groups in total. The summed E-state index contributed by atoms with van der Waals surface area (Å²) in [7, 11) is 0. The molecule has 170 valence electrons. The van der Waals surface area contributed by atoms with Gasteiger partial charge in [-0.15, -0.1) is 0 Å². The molecule has 4 rings (SSSR count). The van der Waals surface area contributed by atoms with Crippen LogP contribution < -0.4 is 10.9 Å². The van der Waals surface area contributed by atoms with Gasteiger partial charge in [0.15, 0.2) is 5.52 Å². The lowest BCUT2D eigenvalue weighted by molar-refractivity contribution is -0.124. The lowest BCUT2D eigenvalue weighted by Gasteiger charge is -2.20. The number of rotatable bonds is 6. The van der Waals surface area contributed by atoms with Crippen LogP contribution in [0.2, 0.25) is 0 Å². The van der Waals surface area contributed by atoms with Gasteiger partial charge in [0.25, 0.3) is 5.56 Å². The molecule has 1 aliphatic heterocycles. The first-order valence-electron chi connectivity index (χ1n) is 11.5. The van der Waals surface area contributed by atoms with E-state index in [-0.39, 0.29) is 11.5 Å². The van der Waals surface area contributed by atoms with E-state index in [0.29, 0.717) is 17.8 Å². The van der Waals surface area contributed by atoms with E-state index in [9.17, 15) is 9.59 Å². The van der Waals surface area contributed by atoms with Crippen LogP contribution in [-0.4, -0.2) is 56.5 Å². The minimum absolute atomic E-state index is 0.201. The normalized spacial score (nSPS) is 16.1. The molecule has 1 aliphatic rings. The van der Waals surface area contributed by atoms with Crippen LogP contribution in [-0.2, 0) is 4.79 Å². The van der Waals surface area contributed by atoms with E-state index in [1.165, 1.54) is 30.4 Å². The number of carbonyl (C=O) groups excluding carboxylic acids is 1. The SMILES string of the molecule is Cc1nn([C@@H](C)C(=O)NCCN2CCCCCC2)c(=O)c2nn(-c3ccccc3)c(C)c12. The Hall–Kier alpha value is -3.00. The average Bonchev–Trinajstić information content (AvgIpc) is 2.96. The minimum atomic E-state index is -0.711. The summed E-state index contributed by atoms with van der Waals surface area (Å²) in [5.74, 6) is -0.201. The lowest BCUT2D eigenvalue weighted by atomic mass is 10.2. The predicted molar refractivity (Wildman–Crippen MR) is 125 cm³/mol. The molecule has 0 aliphatic carbocycles. The number of aryl methyl sites for hydroxylation is 2. The fraction of sp³-hybridized carbons (Fsp3) is 0.500. The molecule has 0 spiro atoms. The molecule has 2 aromatic heterocycles. The molecular weight excluding hydrogens is 404 g/mol. The van der Waals surface area contributed by atoms with Crippen LogP contribution in [0.1, 0.15) is 50.0 Å². The maximum Gasteiger partial charge on any atom is 0.295 e. The molecule has 3 aromatic rings. The highest BCUT2D eigenvalue weighted by Crippen LogP contribution is 2.21. The number of nitrogens with zero attached hydrogens (tertiary/aromatic N) is 5. The molecule has 8 nitrogen and oxygen atoms in total. The number of amides is 1. The van der Waals surface area contributed by atoms with Crippen molar-refractivity contribution in [2.24, 2.45) is 0 Å². The standard InChI is InChI=1S/C24H32N6O2/c1-17-21-18(2)29(20-11-7-6-8-12-20)27-22(21)24(32)30(26-17)19(3)23(31)25-13-16-28-14-9-4-5-10-15-28/h6-8,11-12,19H,4-5,9-10,13-16H2,1-3H3,(H,25,31)/t19-/m0/s1. The van der Waals surface area contributed by atoms with Crippen LogP contribution in [0.25, 0.3) is 16.6 Å². The molecule has 1 aromatic carbocycles. The first kappa shape index (κ1) is 22.2. The van der Waals surface area contributed by atoms with Crippen molar-refractivity contribution >= 4 is 16.8 Å². The summed E-state index contributed by atoms with van der Waals surface area (Å²) < 4.78 is 3.03. The summed E-state index contributed by atoms with van der Waals surface area (Å²) in [6.07, 6.45) is 5.02. The van der Waals surface area contributed by atoms with Gasteiger partial charge in [-0.05, 0) is 58.8 Å². The molecule has 1 amide bonds. The fourth-order valence-electron chi connectivity index (χ4n) is 4.49. The highest BCUT2D eigenvalue weighted by molar-refractivity contribution is 5.84. The monoisotopic (exact) mass is 436 g/mol. The zero-order valence-electron chi connectivity index (χ0n) is 19.2. The smallest absolute Gasteiger partial charge is 0.295 e. The summed E-state index contributed by atoms with van der Waals surface area (Å²) >= 11 is 0. The van der Waals surface area contributed by atoms with Crippen LogP contribution in [0.3, 0.4) is 0 Å². The number of hydrogen-bond acceptors (Lipinski definition) is 5. The van der Waals surface area contributed by atoms with Crippen molar-refractivity contribution in [3.05, 3.63) is 52.1 Å². The maximum absolute atomic E-state index is 13.2. The number of aromatic nitrogens is 4. The van der Waals surface area contributed by atoms with Gasteiger partial charge >= 0.3 is 0 Å². The van der Waals surface area contributed by atoms with Crippen LogP contribution in [0, 0.1) is 13.8 Å². The van der Waals surface area contributed by atoms with Gasteiger partial charge in [0.2, 0.25) is 5.91 Å². The highest BCUT2D eigenvalue weighted by Gasteiger charge is 2.23. The molecule has 1 fully saturated rings. The van der Waals surface area contributed by atoms with E-state index in [2.05, 4.69) is 20.4 Å². The van der Waals surface area contributed by atoms with E-state index in [0.717, 1.165) is 36.4 Å². The van der Waals surface area contributed by atoms with Crippen molar-refractivity contribution in [1.29, 1.82) is 0 Å². The van der Waals surface area contributed by atoms with E-state index >= 15 is 0 Å². The second-order valence-electron chi connectivity index (χ2n) is 8.61. The third-order valence-electron chi connectivity index (χ3n) is 6.32. The Labute approximate surface area is 188 Å². The Balaban J connectivity index is 1.54. The number of likely N-dealkylation sites (tertiary alicyclic amines) is 1. The molecule has 32 heavy (non-hydrogen) atoms. The van der Waals surface area contributed by atoms with Crippen molar-refractivity contribution in [2.45, 2.75) is 52.5 Å². The Kier molecular flexibility index (Phi) is 6.69. The number of hydrogen-bond donors (Lipinski definition) is 1. The van der Waals surface area contributed by atoms with E-state index < -0.39 is 6.04 Å². The summed E-state index contributed by atoms with van der Waals surface area (Å²) in [6.45, 7) is 9.08. The molecular formula is C24H32N6O2. The number of fused-ring (bicyclic) bond motifs is 1. The van der Waals surface area contributed by atoms with Gasteiger partial charge < -0.3 is 10.2 Å². The first-order chi connectivity index (χ1) is 15.5. The zero-order valence-corrected chi connectivity index (χ0v) is 19.2. The quantitative estimate of drug-likeness (QED) is 0.642. The van der Waals surface area contributed by atoms with E-state index in [1.807, 2.05) is 44.2 Å². The zero-order chi connectivity index (χ0) is 22.7. The van der Waals surface area contributed by atoms with Crippen LogP contribution >= 0.6 is 0 Å². The third kappa shape index (κ3) is 4.46. The molecule has 8 heteroatoms. The summed E-state index contributed by atoms with van der Waals surface area (Å²) in [5, 5.41) is 12.8. The van der Waals surface area contributed by atoms with Crippen molar-refractivity contribution in [3.8, 4) is 5.69 Å². The van der Waals surface area contributed by atoms with Crippen molar-refractivity contribution in [3.63, 3.8) is 0 Å². The van der Waals surface area contributed by atoms with Crippen LogP contribution in [0.4, 0.5) is 0 Å². The Bertz CT molecular complexity index is 1140. The van der Waals surface area contributed by atoms with Crippen molar-refractivity contribution < 1.29 is 4.79 Å². The average molecular weight is 437 g/mol. The maximum atomic E-state index is 13.2. The first-order valence-corrected chi connectivity index (χ1v) is 11.5. The van der Waals surface area contributed by atoms with Crippen molar-refractivity contribution in [2.75, 3.05) is 26.2 Å². The Morgan fingerprint density at radius 2 is 1.75 bits per heavy atom. The van der Waals surface area contributed by atoms with Crippen LogP contribution in [0.5, 0.6) is 0 Å². The molecule has 0 radical (unpaired) electrons. The van der Waals surface area contributed by atoms with E-state index in [4.69, 9.17) is 0 Å². The van der Waals surface area contributed by atoms with Gasteiger partial charge in [-0.3, -0.25) is 9.59 Å². The third-order valence-corrected chi connectivity index (χ3v) is 6.32. The van der Waals surface area contributed by atoms with Gasteiger partial charge in [0.05, 0.1) is 22.5 Å². The topological polar surface area (TPSA) is 85.1 Å². The summed E-state index contributed by atoms with van der Waals surface area (Å²) in [6, 6.07) is 8.98. The van der Waals surface area contributed by atoms with Crippen LogP contribution in [0.15, 0.2) is 35.1 Å². The lowest BCUT2D eigenvalue weighted by Crippen LogP contribution is -2.41. The number of para-hydroxylation sites is 1. The van der Waals surface area contributed by atoms with Gasteiger partial charge in [0, 0.05) is 13.1 Å². The molecule has 0 bridgehead atoms. The molecule has 1 atom stereocenters. The number of nitrogens with one attached hydrogen (secondary N) is 1. The second kappa shape index (κ2) is 9.65. The number of carbonyl (C=O) groups is 1. The van der Waals surface area contributed by atoms with Gasteiger partial charge in [-0.1, -0.05) is 31.0 Å².